The third-order valence-electron chi connectivity index (χ3n) is 2.04. The lowest BCUT2D eigenvalue weighted by Crippen LogP contribution is -2.25. The average molecular weight is 217 g/mol. The lowest BCUT2D eigenvalue weighted by atomic mass is 10.1. The molecule has 4 heteroatoms. The van der Waals surface area contributed by atoms with Crippen LogP contribution < -0.4 is 11.1 Å². The van der Waals surface area contributed by atoms with Crippen LogP contribution in [-0.2, 0) is 0 Å². The number of hydrogen-bond donors (Lipinski definition) is 2. The fraction of sp³-hybridized carbons (Fsp3) is 0.400. The van der Waals surface area contributed by atoms with E-state index in [0.717, 1.165) is 12.1 Å². The monoisotopic (exact) mass is 216 g/mol. The van der Waals surface area contributed by atoms with Gasteiger partial charge in [-0.05, 0) is 24.6 Å². The molecule has 0 heterocycles. The second-order valence-electron chi connectivity index (χ2n) is 3.14. The van der Waals surface area contributed by atoms with Crippen molar-refractivity contribution >= 4 is 11.6 Å². The van der Waals surface area contributed by atoms with Crippen LogP contribution in [0.2, 0.25) is 5.02 Å². The van der Waals surface area contributed by atoms with E-state index in [0.29, 0.717) is 6.54 Å². The maximum atomic E-state index is 12.8. The lowest BCUT2D eigenvalue weighted by molar-refractivity contribution is 0.578. The highest BCUT2D eigenvalue weighted by molar-refractivity contribution is 6.30. The van der Waals surface area contributed by atoms with E-state index in [2.05, 4.69) is 5.32 Å². The molecule has 1 unspecified atom stereocenters. The predicted molar refractivity (Wildman–Crippen MR) is 56.9 cm³/mol. The Morgan fingerprint density at radius 1 is 1.57 bits per heavy atom. The zero-order chi connectivity index (χ0) is 10.6. The molecule has 0 spiro atoms. The van der Waals surface area contributed by atoms with Crippen LogP contribution in [0.3, 0.4) is 0 Å². The smallest absolute Gasteiger partial charge is 0.141 e. The second kappa shape index (κ2) is 5.29. The Balaban J connectivity index is 2.70. The van der Waals surface area contributed by atoms with Crippen LogP contribution in [-0.4, -0.2) is 13.1 Å². The summed E-state index contributed by atoms with van der Waals surface area (Å²) in [5, 5.41) is 3.35. The van der Waals surface area contributed by atoms with Gasteiger partial charge < -0.3 is 11.1 Å². The van der Waals surface area contributed by atoms with E-state index in [4.69, 9.17) is 17.3 Å². The van der Waals surface area contributed by atoms with E-state index < -0.39 is 0 Å². The van der Waals surface area contributed by atoms with E-state index in [9.17, 15) is 4.39 Å². The first kappa shape index (κ1) is 11.4. The lowest BCUT2D eigenvalue weighted by Gasteiger charge is -2.13. The van der Waals surface area contributed by atoms with Gasteiger partial charge in [-0.25, -0.2) is 4.39 Å². The molecule has 3 N–H and O–H groups in total. The first-order valence-electron chi connectivity index (χ1n) is 4.53. The Bertz CT molecular complexity index is 304. The molecule has 1 atom stereocenters. The van der Waals surface area contributed by atoms with E-state index in [1.807, 2.05) is 6.92 Å². The third kappa shape index (κ3) is 2.94. The first-order chi connectivity index (χ1) is 6.65. The van der Waals surface area contributed by atoms with Crippen molar-refractivity contribution in [2.75, 3.05) is 13.1 Å². The fourth-order valence-electron chi connectivity index (χ4n) is 1.20. The first-order valence-corrected chi connectivity index (χ1v) is 4.91. The molecule has 0 aliphatic heterocycles. The zero-order valence-corrected chi connectivity index (χ0v) is 8.81. The Morgan fingerprint density at radius 2 is 2.29 bits per heavy atom. The standard InChI is InChI=1S/C10H14ClFN2/c1-7(14-5-4-13)8-2-3-10(12)9(11)6-8/h2-3,6-7,14H,4-5,13H2,1H3. The molecule has 14 heavy (non-hydrogen) atoms. The molecule has 0 aliphatic rings. The maximum Gasteiger partial charge on any atom is 0.141 e. The Labute approximate surface area is 88.2 Å². The molecule has 0 saturated heterocycles. The van der Waals surface area contributed by atoms with Gasteiger partial charge in [0.15, 0.2) is 0 Å². The van der Waals surface area contributed by atoms with Crippen molar-refractivity contribution in [1.29, 1.82) is 0 Å². The highest BCUT2D eigenvalue weighted by Gasteiger charge is 2.06. The minimum atomic E-state index is -0.388. The number of rotatable bonds is 4. The largest absolute Gasteiger partial charge is 0.329 e. The Morgan fingerprint density at radius 3 is 2.86 bits per heavy atom. The van der Waals surface area contributed by atoms with Gasteiger partial charge >= 0.3 is 0 Å². The van der Waals surface area contributed by atoms with Crippen LogP contribution in [0.5, 0.6) is 0 Å². The molecule has 0 aromatic heterocycles. The highest BCUT2D eigenvalue weighted by atomic mass is 35.5. The van der Waals surface area contributed by atoms with E-state index in [-0.39, 0.29) is 16.9 Å². The van der Waals surface area contributed by atoms with Gasteiger partial charge in [0.1, 0.15) is 5.82 Å². The molecule has 78 valence electrons. The zero-order valence-electron chi connectivity index (χ0n) is 8.06. The summed E-state index contributed by atoms with van der Waals surface area (Å²) in [6, 6.07) is 4.86. The van der Waals surface area contributed by atoms with Crippen LogP contribution in [0, 0.1) is 5.82 Å². The molecular weight excluding hydrogens is 203 g/mol. The van der Waals surface area contributed by atoms with Crippen molar-refractivity contribution in [3.63, 3.8) is 0 Å². The predicted octanol–water partition coefficient (Wildman–Crippen LogP) is 2.09. The van der Waals surface area contributed by atoms with E-state index >= 15 is 0 Å². The molecule has 2 nitrogen and oxygen atoms in total. The van der Waals surface area contributed by atoms with Gasteiger partial charge in [0.05, 0.1) is 5.02 Å². The highest BCUT2D eigenvalue weighted by Crippen LogP contribution is 2.20. The van der Waals surface area contributed by atoms with Gasteiger partial charge in [-0.15, -0.1) is 0 Å². The third-order valence-corrected chi connectivity index (χ3v) is 2.33. The van der Waals surface area contributed by atoms with E-state index in [1.54, 1.807) is 12.1 Å². The Hall–Kier alpha value is -0.640. The van der Waals surface area contributed by atoms with Crippen molar-refractivity contribution in [1.82, 2.24) is 5.32 Å². The summed E-state index contributed by atoms with van der Waals surface area (Å²) in [6.07, 6.45) is 0. The topological polar surface area (TPSA) is 38.0 Å². The summed E-state index contributed by atoms with van der Waals surface area (Å²) in [4.78, 5) is 0. The van der Waals surface area contributed by atoms with Crippen molar-refractivity contribution < 1.29 is 4.39 Å². The van der Waals surface area contributed by atoms with Crippen molar-refractivity contribution in [3.8, 4) is 0 Å². The molecular formula is C10H14ClFN2. The molecule has 0 fully saturated rings. The normalized spacial score (nSPS) is 12.9. The summed E-state index contributed by atoms with van der Waals surface area (Å²) in [5.74, 6) is -0.388. The van der Waals surface area contributed by atoms with Crippen molar-refractivity contribution in [3.05, 3.63) is 34.6 Å². The van der Waals surface area contributed by atoms with Crippen LogP contribution in [0.15, 0.2) is 18.2 Å². The minimum absolute atomic E-state index is 0.136. The fourth-order valence-corrected chi connectivity index (χ4v) is 1.39. The van der Waals surface area contributed by atoms with Gasteiger partial charge in [0.2, 0.25) is 0 Å². The summed E-state index contributed by atoms with van der Waals surface area (Å²) in [6.45, 7) is 3.30. The van der Waals surface area contributed by atoms with Gasteiger partial charge in [-0.3, -0.25) is 0 Å². The molecule has 0 aliphatic carbocycles. The molecule has 1 aromatic rings. The molecule has 0 bridgehead atoms. The number of nitrogens with two attached hydrogens (primary N) is 1. The maximum absolute atomic E-state index is 12.8. The number of benzene rings is 1. The molecule has 0 saturated carbocycles. The molecule has 0 radical (unpaired) electrons. The Kier molecular flexibility index (Phi) is 4.32. The van der Waals surface area contributed by atoms with Gasteiger partial charge in [-0.1, -0.05) is 17.7 Å². The van der Waals surface area contributed by atoms with Crippen LogP contribution in [0.4, 0.5) is 4.39 Å². The summed E-state index contributed by atoms with van der Waals surface area (Å²) in [5.41, 5.74) is 6.32. The molecule has 1 aromatic carbocycles. The van der Waals surface area contributed by atoms with Crippen LogP contribution in [0.1, 0.15) is 18.5 Å². The van der Waals surface area contributed by atoms with Gasteiger partial charge in [0.25, 0.3) is 0 Å². The van der Waals surface area contributed by atoms with Crippen molar-refractivity contribution in [2.24, 2.45) is 5.73 Å². The SMILES string of the molecule is CC(NCCN)c1ccc(F)c(Cl)c1. The van der Waals surface area contributed by atoms with Crippen molar-refractivity contribution in [2.45, 2.75) is 13.0 Å². The summed E-state index contributed by atoms with van der Waals surface area (Å²) >= 11 is 5.66. The number of hydrogen-bond acceptors (Lipinski definition) is 2. The summed E-state index contributed by atoms with van der Waals surface area (Å²) < 4.78 is 12.8. The second-order valence-corrected chi connectivity index (χ2v) is 3.55. The van der Waals surface area contributed by atoms with Crippen LogP contribution in [0.25, 0.3) is 0 Å². The minimum Gasteiger partial charge on any atom is -0.329 e. The number of halogens is 2. The number of nitrogens with one attached hydrogen (secondary N) is 1. The molecule has 1 rings (SSSR count). The van der Waals surface area contributed by atoms with E-state index in [1.165, 1.54) is 6.07 Å². The average Bonchev–Trinajstić information content (AvgIpc) is 2.18. The van der Waals surface area contributed by atoms with Gasteiger partial charge in [-0.2, -0.15) is 0 Å². The molecule has 0 amide bonds. The summed E-state index contributed by atoms with van der Waals surface area (Å²) in [7, 11) is 0. The van der Waals surface area contributed by atoms with Gasteiger partial charge in [0, 0.05) is 19.1 Å². The van der Waals surface area contributed by atoms with Crippen LogP contribution >= 0.6 is 11.6 Å². The quantitative estimate of drug-likeness (QED) is 0.809.